The number of benzene rings is 11. The summed E-state index contributed by atoms with van der Waals surface area (Å²) in [4.78, 5) is 8.23. The fourth-order valence-electron chi connectivity index (χ4n) is 10.6. The first-order valence-electron chi connectivity index (χ1n) is 22.5. The van der Waals surface area contributed by atoms with E-state index in [1.54, 1.807) is 0 Å². The number of anilines is 6. The van der Waals surface area contributed by atoms with Gasteiger partial charge in [0.25, 0.3) is 0 Å². The van der Waals surface area contributed by atoms with Crippen molar-refractivity contribution in [3.63, 3.8) is 0 Å². The lowest BCUT2D eigenvalue weighted by Gasteiger charge is -2.35. The molecule has 1 aliphatic rings. The van der Waals surface area contributed by atoms with Crippen LogP contribution in [0.5, 0.6) is 0 Å². The van der Waals surface area contributed by atoms with Gasteiger partial charge in [-0.25, -0.2) is 4.85 Å². The quantitative estimate of drug-likeness (QED) is 0.113. The van der Waals surface area contributed by atoms with Crippen LogP contribution in [0.25, 0.3) is 48.3 Å². The van der Waals surface area contributed by atoms with Crippen molar-refractivity contribution in [2.24, 2.45) is 0 Å². The van der Waals surface area contributed by atoms with E-state index in [9.17, 15) is 5.26 Å². The van der Waals surface area contributed by atoms with Crippen LogP contribution in [0.3, 0.4) is 0 Å². The molecule has 312 valence electrons. The summed E-state index contributed by atoms with van der Waals surface area (Å²) in [6, 6.07) is 88.5. The second-order valence-corrected chi connectivity index (χ2v) is 17.1. The number of nitriles is 1. The first kappa shape index (κ1) is 39.4. The number of hydrogen-bond donors (Lipinski definition) is 0. The fourth-order valence-corrected chi connectivity index (χ4v) is 10.6. The molecule has 0 heterocycles. The zero-order valence-electron chi connectivity index (χ0n) is 36.4. The highest BCUT2D eigenvalue weighted by molar-refractivity contribution is 6.20. The molecule has 0 unspecified atom stereocenters. The van der Waals surface area contributed by atoms with Crippen LogP contribution in [0.4, 0.5) is 39.8 Å². The Morgan fingerprint density at radius 3 is 1.48 bits per heavy atom. The first-order chi connectivity index (χ1) is 33.1. The number of fused-ring (bicyclic) bond motifs is 9. The molecular formula is C63H40N4. The number of para-hydroxylation sites is 2. The molecule has 0 aromatic heterocycles. The molecule has 11 aromatic carbocycles. The van der Waals surface area contributed by atoms with Crippen molar-refractivity contribution in [2.75, 3.05) is 9.80 Å². The van der Waals surface area contributed by atoms with Gasteiger partial charge in [-0.15, -0.1) is 0 Å². The Labute approximate surface area is 389 Å². The lowest BCUT2D eigenvalue weighted by molar-refractivity contribution is 0.777. The van der Waals surface area contributed by atoms with E-state index in [1.807, 2.05) is 60.7 Å². The second-order valence-electron chi connectivity index (χ2n) is 17.1. The minimum Gasteiger partial charge on any atom is -0.311 e. The van der Waals surface area contributed by atoms with Gasteiger partial charge in [0, 0.05) is 34.1 Å². The molecule has 1 aliphatic carbocycles. The molecule has 0 aliphatic heterocycles. The lowest BCUT2D eigenvalue weighted by Crippen LogP contribution is -2.29. The zero-order valence-corrected chi connectivity index (χ0v) is 36.4. The normalized spacial score (nSPS) is 12.3. The van der Waals surface area contributed by atoms with E-state index in [0.29, 0.717) is 11.3 Å². The Morgan fingerprint density at radius 1 is 0.403 bits per heavy atom. The van der Waals surface area contributed by atoms with E-state index in [1.165, 1.54) is 54.9 Å². The summed E-state index contributed by atoms with van der Waals surface area (Å²) >= 11 is 0. The van der Waals surface area contributed by atoms with Crippen LogP contribution in [-0.4, -0.2) is 0 Å². The summed E-state index contributed by atoms with van der Waals surface area (Å²) in [5.41, 5.74) is 14.0. The second kappa shape index (κ2) is 16.1. The Bertz CT molecular complexity index is 3700. The molecule has 4 nitrogen and oxygen atoms in total. The summed E-state index contributed by atoms with van der Waals surface area (Å²) in [5.74, 6) is 0. The smallest absolute Gasteiger partial charge is 0.187 e. The van der Waals surface area contributed by atoms with Gasteiger partial charge in [0.1, 0.15) is 0 Å². The van der Waals surface area contributed by atoms with Gasteiger partial charge < -0.3 is 9.80 Å². The molecule has 67 heavy (non-hydrogen) atoms. The molecule has 0 fully saturated rings. The monoisotopic (exact) mass is 852 g/mol. The number of rotatable bonds is 8. The fraction of sp³-hybridized carbons (Fsp3) is 0.0159. The van der Waals surface area contributed by atoms with Gasteiger partial charge in [-0.1, -0.05) is 146 Å². The highest BCUT2D eigenvalue weighted by Gasteiger charge is 2.48. The Kier molecular flexibility index (Phi) is 9.46. The van der Waals surface area contributed by atoms with Crippen LogP contribution in [0.15, 0.2) is 243 Å². The molecule has 11 aromatic rings. The topological polar surface area (TPSA) is 34.6 Å². The van der Waals surface area contributed by atoms with Crippen LogP contribution in [-0.2, 0) is 5.41 Å². The van der Waals surface area contributed by atoms with Gasteiger partial charge in [0.05, 0.1) is 23.6 Å². The lowest BCUT2D eigenvalue weighted by atomic mass is 9.66. The van der Waals surface area contributed by atoms with Gasteiger partial charge in [0.2, 0.25) is 0 Å². The minimum atomic E-state index is -0.692. The van der Waals surface area contributed by atoms with E-state index in [4.69, 9.17) is 6.57 Å². The zero-order chi connectivity index (χ0) is 44.9. The van der Waals surface area contributed by atoms with Gasteiger partial charge in [-0.3, -0.25) is 0 Å². The average Bonchev–Trinajstić information content (AvgIpc) is 3.70. The third kappa shape index (κ3) is 6.35. The van der Waals surface area contributed by atoms with Crippen LogP contribution >= 0.6 is 0 Å². The van der Waals surface area contributed by atoms with Crippen LogP contribution in [0, 0.1) is 17.9 Å². The van der Waals surface area contributed by atoms with Gasteiger partial charge in [-0.05, 0) is 163 Å². The summed E-state index contributed by atoms with van der Waals surface area (Å²) in [5, 5.41) is 16.7. The van der Waals surface area contributed by atoms with Crippen molar-refractivity contribution in [2.45, 2.75) is 5.41 Å². The Morgan fingerprint density at radius 2 is 0.896 bits per heavy atom. The summed E-state index contributed by atoms with van der Waals surface area (Å²) in [7, 11) is 0. The van der Waals surface area contributed by atoms with Gasteiger partial charge in [0.15, 0.2) is 5.69 Å². The predicted octanol–water partition coefficient (Wildman–Crippen LogP) is 16.9. The van der Waals surface area contributed by atoms with E-state index in [2.05, 4.69) is 203 Å². The third-order valence-electron chi connectivity index (χ3n) is 13.5. The van der Waals surface area contributed by atoms with Crippen molar-refractivity contribution in [1.82, 2.24) is 0 Å². The first-order valence-corrected chi connectivity index (χ1v) is 22.5. The Hall–Kier alpha value is -9.22. The average molecular weight is 853 g/mol. The predicted molar refractivity (Wildman–Crippen MR) is 277 cm³/mol. The molecule has 0 spiro atoms. The van der Waals surface area contributed by atoms with E-state index in [-0.39, 0.29) is 0 Å². The van der Waals surface area contributed by atoms with Crippen molar-refractivity contribution in [3.05, 3.63) is 282 Å². The Balaban J connectivity index is 1.16. The van der Waals surface area contributed by atoms with Crippen molar-refractivity contribution >= 4 is 72.1 Å². The van der Waals surface area contributed by atoms with Crippen molar-refractivity contribution in [3.8, 4) is 17.2 Å². The van der Waals surface area contributed by atoms with Gasteiger partial charge >= 0.3 is 0 Å². The molecule has 0 radical (unpaired) electrons. The summed E-state index contributed by atoms with van der Waals surface area (Å²) < 4.78 is 0. The van der Waals surface area contributed by atoms with E-state index in [0.717, 1.165) is 44.9 Å². The van der Waals surface area contributed by atoms with E-state index < -0.39 is 5.41 Å². The molecule has 0 saturated carbocycles. The summed E-state index contributed by atoms with van der Waals surface area (Å²) in [6.07, 6.45) is 0. The molecule has 12 rings (SSSR count). The highest BCUT2D eigenvalue weighted by Crippen LogP contribution is 2.61. The van der Waals surface area contributed by atoms with Crippen LogP contribution in [0.1, 0.15) is 27.8 Å². The molecule has 0 saturated heterocycles. The number of hydrogen-bond acceptors (Lipinski definition) is 3. The molecule has 0 amide bonds. The number of nitrogens with zero attached hydrogens (tertiary/aromatic N) is 4. The largest absolute Gasteiger partial charge is 0.311 e. The molecular weight excluding hydrogens is 813 g/mol. The highest BCUT2D eigenvalue weighted by atomic mass is 15.1. The maximum atomic E-state index is 9.65. The molecule has 0 N–H and O–H groups in total. The maximum Gasteiger partial charge on any atom is 0.187 e. The van der Waals surface area contributed by atoms with Crippen LogP contribution in [0.2, 0.25) is 0 Å². The van der Waals surface area contributed by atoms with Gasteiger partial charge in [-0.2, -0.15) is 5.26 Å². The van der Waals surface area contributed by atoms with Crippen LogP contribution < -0.4 is 9.80 Å². The summed E-state index contributed by atoms with van der Waals surface area (Å²) in [6.45, 7) is 7.63. The SMILES string of the molecule is [C-]#[N+]c1ccc(N(c2ccccc2)c2ccc3c4c(c5ccccc5c3c2)-c2cc3ccc(N(c5ccccc5)c5ccc(C#N)cc5)cc3cc2C4(c2ccccc2)c2ccccc2)cc1. The molecule has 4 heteroatoms. The minimum absolute atomic E-state index is 0.610. The maximum absolute atomic E-state index is 9.65. The molecule has 0 atom stereocenters. The third-order valence-corrected chi connectivity index (χ3v) is 13.5. The molecule has 0 bridgehead atoms. The van der Waals surface area contributed by atoms with E-state index >= 15 is 0 Å². The standard InChI is InChI=1S/C63H40N4/c1-65-48-29-34-52(35-30-48)67(50-22-12-5-13-23-50)54-36-37-57-58(41-54)55-24-14-15-25-56(55)61-59-39-44-28-33-53(66(49-20-10-4-11-21-49)51-31-26-43(42-64)27-32-51)38-45(44)40-60(59)63(62(57)61,46-16-6-2-7-17-46)47-18-8-3-9-19-47/h2-41H. The van der Waals surface area contributed by atoms with Crippen molar-refractivity contribution < 1.29 is 0 Å². The van der Waals surface area contributed by atoms with Crippen molar-refractivity contribution in [1.29, 1.82) is 5.26 Å².